The zero-order valence-corrected chi connectivity index (χ0v) is 13.6. The molecule has 0 unspecified atom stereocenters. The average Bonchev–Trinajstić information content (AvgIpc) is 2.45. The minimum absolute atomic E-state index is 0.0667. The van der Waals surface area contributed by atoms with E-state index in [0.29, 0.717) is 19.1 Å². The van der Waals surface area contributed by atoms with Crippen molar-refractivity contribution in [1.29, 1.82) is 0 Å². The van der Waals surface area contributed by atoms with Gasteiger partial charge in [0.25, 0.3) is 5.69 Å². The number of benzene rings is 1. The maximum Gasteiger partial charge on any atom is 0.317 e. The summed E-state index contributed by atoms with van der Waals surface area (Å²) in [5.74, 6) is -0.809. The molecule has 1 aromatic carbocycles. The van der Waals surface area contributed by atoms with Crippen LogP contribution in [-0.2, 0) is 11.3 Å². The van der Waals surface area contributed by atoms with Crippen molar-refractivity contribution < 1.29 is 14.8 Å². The van der Waals surface area contributed by atoms with Crippen LogP contribution in [0.15, 0.2) is 18.2 Å². The second-order valence-corrected chi connectivity index (χ2v) is 6.11. The van der Waals surface area contributed by atoms with Gasteiger partial charge in [0.2, 0.25) is 0 Å². The molecule has 1 saturated carbocycles. The predicted octanol–water partition coefficient (Wildman–Crippen LogP) is 2.28. The number of hydrogen-bond acceptors (Lipinski definition) is 5. The SMILES string of the molecule is CCN(CC(=O)O)C1CC(NCc2ccc(Cl)c([N+](=O)[O-])c2)C1. The standard InChI is InChI=1S/C15H20ClN3O4/c1-2-18(9-15(20)21)12-6-11(7-12)17-8-10-3-4-13(16)14(5-10)19(22)23/h3-5,11-12,17H,2,6-9H2,1H3,(H,20,21). The summed E-state index contributed by atoms with van der Waals surface area (Å²) in [5, 5.41) is 23.2. The van der Waals surface area contributed by atoms with Gasteiger partial charge in [-0.3, -0.25) is 19.8 Å². The van der Waals surface area contributed by atoms with Crippen LogP contribution in [0.2, 0.25) is 5.02 Å². The lowest BCUT2D eigenvalue weighted by Gasteiger charge is -2.42. The molecule has 7 nitrogen and oxygen atoms in total. The summed E-state index contributed by atoms with van der Waals surface area (Å²) in [5.41, 5.74) is 0.721. The van der Waals surface area contributed by atoms with E-state index < -0.39 is 10.9 Å². The van der Waals surface area contributed by atoms with Crippen molar-refractivity contribution >= 4 is 23.3 Å². The lowest BCUT2D eigenvalue weighted by atomic mass is 9.85. The number of carboxylic acids is 1. The normalized spacial score (nSPS) is 20.3. The maximum absolute atomic E-state index is 10.9. The van der Waals surface area contributed by atoms with Gasteiger partial charge in [-0.25, -0.2) is 0 Å². The molecule has 0 bridgehead atoms. The molecule has 0 aromatic heterocycles. The first kappa shape index (κ1) is 17.7. The lowest BCUT2D eigenvalue weighted by Crippen LogP contribution is -2.53. The van der Waals surface area contributed by atoms with E-state index in [1.807, 2.05) is 11.8 Å². The van der Waals surface area contributed by atoms with Gasteiger partial charge >= 0.3 is 5.97 Å². The third-order valence-corrected chi connectivity index (χ3v) is 4.50. The maximum atomic E-state index is 10.9. The van der Waals surface area contributed by atoms with Gasteiger partial charge in [0.1, 0.15) is 5.02 Å². The van der Waals surface area contributed by atoms with E-state index in [2.05, 4.69) is 5.32 Å². The number of hydrogen-bond donors (Lipinski definition) is 2. The summed E-state index contributed by atoms with van der Waals surface area (Å²) >= 11 is 5.79. The molecule has 1 fully saturated rings. The lowest BCUT2D eigenvalue weighted by molar-refractivity contribution is -0.384. The molecule has 1 aromatic rings. The molecule has 126 valence electrons. The number of carboxylic acid groups (broad SMARTS) is 1. The Kier molecular flexibility index (Phi) is 5.92. The van der Waals surface area contributed by atoms with Gasteiger partial charge in [-0.05, 0) is 31.0 Å². The Bertz CT molecular complexity index is 590. The third-order valence-electron chi connectivity index (χ3n) is 4.18. The molecular weight excluding hydrogens is 322 g/mol. The summed E-state index contributed by atoms with van der Waals surface area (Å²) in [7, 11) is 0. The van der Waals surface area contributed by atoms with Gasteiger partial charge in [-0.1, -0.05) is 24.6 Å². The highest BCUT2D eigenvalue weighted by molar-refractivity contribution is 6.32. The van der Waals surface area contributed by atoms with Gasteiger partial charge < -0.3 is 10.4 Å². The first-order valence-electron chi connectivity index (χ1n) is 7.52. The van der Waals surface area contributed by atoms with Crippen molar-refractivity contribution in [3.8, 4) is 0 Å². The van der Waals surface area contributed by atoms with Gasteiger partial charge in [-0.2, -0.15) is 0 Å². The fourth-order valence-corrected chi connectivity index (χ4v) is 2.98. The minimum Gasteiger partial charge on any atom is -0.480 e. The van der Waals surface area contributed by atoms with Crippen LogP contribution in [-0.4, -0.2) is 46.1 Å². The first-order chi connectivity index (χ1) is 10.9. The van der Waals surface area contributed by atoms with Crippen LogP contribution in [0.5, 0.6) is 0 Å². The fourth-order valence-electron chi connectivity index (χ4n) is 2.80. The molecule has 2 rings (SSSR count). The van der Waals surface area contributed by atoms with Crippen molar-refractivity contribution in [3.63, 3.8) is 0 Å². The molecule has 1 aliphatic rings. The Balaban J connectivity index is 1.82. The summed E-state index contributed by atoms with van der Waals surface area (Å²) < 4.78 is 0. The van der Waals surface area contributed by atoms with Crippen molar-refractivity contribution in [2.45, 2.75) is 38.4 Å². The number of nitrogens with one attached hydrogen (secondary N) is 1. The van der Waals surface area contributed by atoms with Gasteiger partial charge in [0, 0.05) is 24.7 Å². The topological polar surface area (TPSA) is 95.7 Å². The summed E-state index contributed by atoms with van der Waals surface area (Å²) in [6.45, 7) is 3.27. The molecule has 0 heterocycles. The number of rotatable bonds is 8. The van der Waals surface area contributed by atoms with Crippen LogP contribution < -0.4 is 5.32 Å². The van der Waals surface area contributed by atoms with Crippen LogP contribution in [0, 0.1) is 10.1 Å². The Morgan fingerprint density at radius 2 is 2.22 bits per heavy atom. The van der Waals surface area contributed by atoms with Crippen molar-refractivity contribution in [3.05, 3.63) is 38.9 Å². The molecular formula is C15H20ClN3O4. The molecule has 0 aliphatic heterocycles. The second-order valence-electron chi connectivity index (χ2n) is 5.70. The van der Waals surface area contributed by atoms with Crippen LogP contribution in [0.25, 0.3) is 0 Å². The predicted molar refractivity (Wildman–Crippen MR) is 86.6 cm³/mol. The van der Waals surface area contributed by atoms with Crippen molar-refractivity contribution in [1.82, 2.24) is 10.2 Å². The first-order valence-corrected chi connectivity index (χ1v) is 7.90. The van der Waals surface area contributed by atoms with Gasteiger partial charge in [-0.15, -0.1) is 0 Å². The zero-order chi connectivity index (χ0) is 17.0. The molecule has 1 aliphatic carbocycles. The van der Waals surface area contributed by atoms with E-state index in [4.69, 9.17) is 16.7 Å². The molecule has 0 radical (unpaired) electrons. The monoisotopic (exact) mass is 341 g/mol. The Morgan fingerprint density at radius 3 is 2.78 bits per heavy atom. The van der Waals surface area contributed by atoms with Crippen LogP contribution in [0.1, 0.15) is 25.3 Å². The minimum atomic E-state index is -0.809. The number of halogens is 1. The quantitative estimate of drug-likeness (QED) is 0.556. The summed E-state index contributed by atoms with van der Waals surface area (Å²) in [6.07, 6.45) is 1.77. The number of aliphatic carboxylic acids is 1. The van der Waals surface area contributed by atoms with Gasteiger partial charge in [0.15, 0.2) is 0 Å². The fraction of sp³-hybridized carbons (Fsp3) is 0.533. The van der Waals surface area contributed by atoms with E-state index in [1.54, 1.807) is 6.07 Å². The smallest absolute Gasteiger partial charge is 0.317 e. The Labute approximate surface area is 139 Å². The van der Waals surface area contributed by atoms with E-state index in [1.165, 1.54) is 12.1 Å². The van der Waals surface area contributed by atoms with E-state index in [9.17, 15) is 14.9 Å². The second kappa shape index (κ2) is 7.72. The molecule has 0 saturated heterocycles. The molecule has 23 heavy (non-hydrogen) atoms. The molecule has 2 N–H and O–H groups in total. The van der Waals surface area contributed by atoms with Crippen LogP contribution >= 0.6 is 11.6 Å². The molecule has 0 atom stereocenters. The number of nitro benzene ring substituents is 1. The zero-order valence-electron chi connectivity index (χ0n) is 12.9. The van der Waals surface area contributed by atoms with Crippen LogP contribution in [0.3, 0.4) is 0 Å². The average molecular weight is 342 g/mol. The van der Waals surface area contributed by atoms with E-state index in [-0.39, 0.29) is 23.3 Å². The summed E-state index contributed by atoms with van der Waals surface area (Å²) in [6, 6.07) is 5.37. The highest BCUT2D eigenvalue weighted by atomic mass is 35.5. The number of nitro groups is 1. The Morgan fingerprint density at radius 1 is 1.52 bits per heavy atom. The molecule has 0 amide bonds. The highest BCUT2D eigenvalue weighted by Gasteiger charge is 2.33. The number of likely N-dealkylation sites (N-methyl/N-ethyl adjacent to an activating group) is 1. The van der Waals surface area contributed by atoms with E-state index in [0.717, 1.165) is 18.4 Å². The van der Waals surface area contributed by atoms with Gasteiger partial charge in [0.05, 0.1) is 11.5 Å². The van der Waals surface area contributed by atoms with Crippen molar-refractivity contribution in [2.24, 2.45) is 0 Å². The summed E-state index contributed by atoms with van der Waals surface area (Å²) in [4.78, 5) is 23.1. The van der Waals surface area contributed by atoms with E-state index >= 15 is 0 Å². The molecule has 0 spiro atoms. The van der Waals surface area contributed by atoms with Crippen LogP contribution in [0.4, 0.5) is 5.69 Å². The highest BCUT2D eigenvalue weighted by Crippen LogP contribution is 2.27. The molecule has 8 heteroatoms. The third kappa shape index (κ3) is 4.63. The Hall–Kier alpha value is -1.70. The van der Waals surface area contributed by atoms with Crippen molar-refractivity contribution in [2.75, 3.05) is 13.1 Å². The largest absolute Gasteiger partial charge is 0.480 e. The number of carbonyl (C=O) groups is 1. The number of nitrogens with zero attached hydrogens (tertiary/aromatic N) is 2.